The number of nitrogens with zero attached hydrogens (tertiary/aromatic N) is 1. The Morgan fingerprint density at radius 2 is 2.33 bits per heavy atom. The molecule has 0 saturated carbocycles. The van der Waals surface area contributed by atoms with Crippen molar-refractivity contribution in [2.45, 2.75) is 32.7 Å². The number of nitrogens with two attached hydrogens (primary N) is 1. The predicted molar refractivity (Wildman–Crippen MR) is 46.9 cm³/mol. The van der Waals surface area contributed by atoms with Crippen molar-refractivity contribution in [3.8, 4) is 0 Å². The van der Waals surface area contributed by atoms with E-state index in [0.29, 0.717) is 0 Å². The number of rotatable bonds is 3. The SMILES string of the molecule is CC(C)C(=O)C1CCCN1NN. The van der Waals surface area contributed by atoms with Gasteiger partial charge in [0.05, 0.1) is 6.04 Å². The van der Waals surface area contributed by atoms with Crippen LogP contribution in [0, 0.1) is 5.92 Å². The smallest absolute Gasteiger partial charge is 0.153 e. The molecule has 3 N–H and O–H groups in total. The van der Waals surface area contributed by atoms with Crippen molar-refractivity contribution < 1.29 is 4.79 Å². The molecule has 1 heterocycles. The maximum Gasteiger partial charge on any atom is 0.153 e. The summed E-state index contributed by atoms with van der Waals surface area (Å²) in [6, 6.07) is -0.00463. The second-order valence-electron chi connectivity index (χ2n) is 3.54. The standard InChI is InChI=1S/C8H17N3O/c1-6(2)8(12)7-4-3-5-11(7)10-9/h6-7,10H,3-5,9H2,1-2H3. The van der Waals surface area contributed by atoms with Crippen molar-refractivity contribution in [3.63, 3.8) is 0 Å². The number of hydrogen-bond donors (Lipinski definition) is 2. The molecule has 4 nitrogen and oxygen atoms in total. The Bertz CT molecular complexity index is 170. The molecule has 0 radical (unpaired) electrons. The van der Waals surface area contributed by atoms with Gasteiger partial charge >= 0.3 is 0 Å². The first-order chi connectivity index (χ1) is 5.66. The topological polar surface area (TPSA) is 58.4 Å². The zero-order valence-corrected chi connectivity index (χ0v) is 7.71. The predicted octanol–water partition coefficient (Wildman–Crippen LogP) is 0.0542. The molecule has 0 aromatic carbocycles. The van der Waals surface area contributed by atoms with E-state index in [4.69, 9.17) is 5.84 Å². The molecule has 1 saturated heterocycles. The molecule has 0 spiro atoms. The summed E-state index contributed by atoms with van der Waals surface area (Å²) in [5.74, 6) is 5.67. The van der Waals surface area contributed by atoms with Crippen molar-refractivity contribution >= 4 is 5.78 Å². The van der Waals surface area contributed by atoms with Gasteiger partial charge in [-0.3, -0.25) is 10.6 Å². The fraction of sp³-hybridized carbons (Fsp3) is 0.875. The summed E-state index contributed by atoms with van der Waals surface area (Å²) in [7, 11) is 0. The van der Waals surface area contributed by atoms with E-state index in [1.807, 2.05) is 18.9 Å². The summed E-state index contributed by atoms with van der Waals surface area (Å²) >= 11 is 0. The first kappa shape index (κ1) is 9.64. The molecule has 0 aliphatic carbocycles. The molecule has 0 aromatic rings. The van der Waals surface area contributed by atoms with Gasteiger partial charge in [-0.25, -0.2) is 5.01 Å². The highest BCUT2D eigenvalue weighted by atomic mass is 16.1. The minimum absolute atomic E-state index is 0.00463. The average Bonchev–Trinajstić information content (AvgIpc) is 2.49. The fourth-order valence-electron chi connectivity index (χ4n) is 1.60. The van der Waals surface area contributed by atoms with E-state index in [-0.39, 0.29) is 17.7 Å². The summed E-state index contributed by atoms with van der Waals surface area (Å²) in [5, 5.41) is 1.82. The van der Waals surface area contributed by atoms with Crippen molar-refractivity contribution in [3.05, 3.63) is 0 Å². The van der Waals surface area contributed by atoms with Crippen LogP contribution in [0.15, 0.2) is 0 Å². The summed E-state index contributed by atoms with van der Waals surface area (Å²) in [6.07, 6.45) is 1.98. The third-order valence-electron chi connectivity index (χ3n) is 2.32. The summed E-state index contributed by atoms with van der Waals surface area (Å²) in [5.41, 5.74) is 2.56. The Morgan fingerprint density at radius 1 is 1.67 bits per heavy atom. The maximum absolute atomic E-state index is 11.6. The van der Waals surface area contributed by atoms with E-state index in [9.17, 15) is 4.79 Å². The van der Waals surface area contributed by atoms with Crippen molar-refractivity contribution in [1.29, 1.82) is 0 Å². The lowest BCUT2D eigenvalue weighted by Crippen LogP contribution is -2.49. The number of carbonyl (C=O) groups excluding carboxylic acids is 1. The molecule has 70 valence electrons. The van der Waals surface area contributed by atoms with Gasteiger partial charge in [0.1, 0.15) is 0 Å². The van der Waals surface area contributed by atoms with Gasteiger partial charge in [0.2, 0.25) is 0 Å². The average molecular weight is 171 g/mol. The van der Waals surface area contributed by atoms with Gasteiger partial charge in [-0.15, -0.1) is 0 Å². The molecule has 0 aromatic heterocycles. The van der Waals surface area contributed by atoms with Crippen LogP contribution in [0.1, 0.15) is 26.7 Å². The van der Waals surface area contributed by atoms with Crippen LogP contribution < -0.4 is 11.4 Å². The molecule has 1 aliphatic heterocycles. The number of nitrogens with one attached hydrogen (secondary N) is 1. The third kappa shape index (κ3) is 1.83. The minimum atomic E-state index is -0.00463. The Balaban J connectivity index is 2.55. The zero-order chi connectivity index (χ0) is 9.14. The number of ketones is 1. The van der Waals surface area contributed by atoms with Gasteiger partial charge in [0.25, 0.3) is 0 Å². The van der Waals surface area contributed by atoms with E-state index in [1.54, 1.807) is 0 Å². The van der Waals surface area contributed by atoms with Crippen LogP contribution in [0.2, 0.25) is 0 Å². The molecular formula is C8H17N3O. The van der Waals surface area contributed by atoms with E-state index < -0.39 is 0 Å². The highest BCUT2D eigenvalue weighted by Crippen LogP contribution is 2.17. The van der Waals surface area contributed by atoms with Gasteiger partial charge in [0, 0.05) is 12.5 Å². The van der Waals surface area contributed by atoms with E-state index in [2.05, 4.69) is 5.53 Å². The maximum atomic E-state index is 11.6. The van der Waals surface area contributed by atoms with Crippen LogP contribution >= 0.6 is 0 Å². The van der Waals surface area contributed by atoms with Crippen molar-refractivity contribution in [2.24, 2.45) is 11.8 Å². The number of carbonyl (C=O) groups is 1. The largest absolute Gasteiger partial charge is 0.298 e. The fourth-order valence-corrected chi connectivity index (χ4v) is 1.60. The molecule has 0 amide bonds. The van der Waals surface area contributed by atoms with Crippen LogP contribution in [0.4, 0.5) is 0 Å². The summed E-state index contributed by atoms with van der Waals surface area (Å²) < 4.78 is 0. The number of hydrazine groups is 2. The molecule has 1 atom stereocenters. The quantitative estimate of drug-likeness (QED) is 0.465. The molecule has 1 fully saturated rings. The Morgan fingerprint density at radius 3 is 2.83 bits per heavy atom. The van der Waals surface area contributed by atoms with Gasteiger partial charge in [-0.2, -0.15) is 5.53 Å². The second kappa shape index (κ2) is 3.98. The molecule has 1 rings (SSSR count). The lowest BCUT2D eigenvalue weighted by molar-refractivity contribution is -0.127. The molecular weight excluding hydrogens is 154 g/mol. The zero-order valence-electron chi connectivity index (χ0n) is 7.71. The van der Waals surface area contributed by atoms with Crippen LogP contribution in [0.3, 0.4) is 0 Å². The molecule has 12 heavy (non-hydrogen) atoms. The molecule has 0 bridgehead atoms. The van der Waals surface area contributed by atoms with Crippen LogP contribution in [0.5, 0.6) is 0 Å². The van der Waals surface area contributed by atoms with Crippen molar-refractivity contribution in [1.82, 2.24) is 10.5 Å². The number of hydrogen-bond acceptors (Lipinski definition) is 4. The van der Waals surface area contributed by atoms with E-state index in [1.165, 1.54) is 0 Å². The monoisotopic (exact) mass is 171 g/mol. The number of Topliss-reactive ketones (excluding diaryl/α,β-unsaturated/α-hetero) is 1. The van der Waals surface area contributed by atoms with Gasteiger partial charge < -0.3 is 0 Å². The first-order valence-electron chi connectivity index (χ1n) is 4.43. The second-order valence-corrected chi connectivity index (χ2v) is 3.54. The highest BCUT2D eigenvalue weighted by Gasteiger charge is 2.31. The van der Waals surface area contributed by atoms with E-state index in [0.717, 1.165) is 19.4 Å². The van der Waals surface area contributed by atoms with Crippen LogP contribution in [-0.4, -0.2) is 23.4 Å². The minimum Gasteiger partial charge on any atom is -0.298 e. The first-order valence-corrected chi connectivity index (χ1v) is 4.43. The van der Waals surface area contributed by atoms with Crippen LogP contribution in [-0.2, 0) is 4.79 Å². The molecule has 4 heteroatoms. The molecule has 1 aliphatic rings. The third-order valence-corrected chi connectivity index (χ3v) is 2.32. The lowest BCUT2D eigenvalue weighted by atomic mass is 10.0. The molecule has 1 unspecified atom stereocenters. The summed E-state index contributed by atoms with van der Waals surface area (Å²) in [6.45, 7) is 4.73. The Hall–Kier alpha value is -0.450. The highest BCUT2D eigenvalue weighted by molar-refractivity contribution is 5.85. The van der Waals surface area contributed by atoms with Gasteiger partial charge in [-0.1, -0.05) is 13.8 Å². The van der Waals surface area contributed by atoms with Crippen molar-refractivity contribution in [2.75, 3.05) is 6.54 Å². The summed E-state index contributed by atoms with van der Waals surface area (Å²) in [4.78, 5) is 11.6. The van der Waals surface area contributed by atoms with Crippen LogP contribution in [0.25, 0.3) is 0 Å². The lowest BCUT2D eigenvalue weighted by Gasteiger charge is -2.22. The van der Waals surface area contributed by atoms with Gasteiger partial charge in [-0.05, 0) is 12.8 Å². The Labute approximate surface area is 73.0 Å². The Kier molecular flexibility index (Phi) is 3.20. The normalized spacial score (nSPS) is 25.2. The van der Waals surface area contributed by atoms with Gasteiger partial charge in [0.15, 0.2) is 5.78 Å². The van der Waals surface area contributed by atoms with E-state index >= 15 is 0 Å².